The van der Waals surface area contributed by atoms with Crippen LogP contribution in [-0.2, 0) is 6.42 Å². The van der Waals surface area contributed by atoms with E-state index in [1.165, 1.54) is 5.56 Å². The van der Waals surface area contributed by atoms with Gasteiger partial charge in [0, 0.05) is 10.9 Å². The normalized spacial score (nSPS) is 14.1. The first-order chi connectivity index (χ1) is 12.7. The summed E-state index contributed by atoms with van der Waals surface area (Å²) in [6.45, 7) is 2.45. The summed E-state index contributed by atoms with van der Waals surface area (Å²) < 4.78 is 5.68. The van der Waals surface area contributed by atoms with Crippen LogP contribution in [-0.4, -0.2) is 30.3 Å². The van der Waals surface area contributed by atoms with Crippen molar-refractivity contribution in [1.82, 2.24) is 0 Å². The van der Waals surface area contributed by atoms with Crippen LogP contribution in [0.15, 0.2) is 60.7 Å². The molecule has 1 N–H and O–H groups in total. The minimum absolute atomic E-state index is 0.0665. The number of aliphatic hydroxyl groups excluding tert-OH is 1. The van der Waals surface area contributed by atoms with Crippen molar-refractivity contribution in [3.63, 3.8) is 0 Å². The smallest absolute Gasteiger partial charge is 0.259 e. The fourth-order valence-corrected chi connectivity index (χ4v) is 3.44. The topological polar surface area (TPSA) is 49.8 Å². The van der Waals surface area contributed by atoms with Crippen molar-refractivity contribution in [3.05, 3.63) is 71.8 Å². The number of nitrogens with zero attached hydrogens (tertiary/aromatic N) is 1. The van der Waals surface area contributed by atoms with E-state index in [0.29, 0.717) is 5.56 Å². The van der Waals surface area contributed by atoms with E-state index in [4.69, 9.17) is 4.74 Å². The third-order valence-corrected chi connectivity index (χ3v) is 4.82. The molecular formula is C22H21NO3. The Morgan fingerprint density at radius 1 is 1.04 bits per heavy atom. The Balaban J connectivity index is 1.46. The summed E-state index contributed by atoms with van der Waals surface area (Å²) in [4.78, 5) is 14.4. The Kier molecular flexibility index (Phi) is 4.35. The van der Waals surface area contributed by atoms with Crippen LogP contribution in [0.3, 0.4) is 0 Å². The predicted molar refractivity (Wildman–Crippen MR) is 103 cm³/mol. The number of aryl methyl sites for hydroxylation is 1. The molecule has 1 unspecified atom stereocenters. The number of anilines is 1. The maximum absolute atomic E-state index is 12.7. The summed E-state index contributed by atoms with van der Waals surface area (Å²) >= 11 is 0. The third-order valence-electron chi connectivity index (χ3n) is 4.82. The van der Waals surface area contributed by atoms with Gasteiger partial charge < -0.3 is 14.7 Å². The molecule has 0 radical (unpaired) electrons. The molecule has 1 aliphatic heterocycles. The van der Waals surface area contributed by atoms with Crippen molar-refractivity contribution in [2.45, 2.75) is 19.4 Å². The minimum Gasteiger partial charge on any atom is -0.491 e. The zero-order chi connectivity index (χ0) is 18.1. The Labute approximate surface area is 152 Å². The lowest BCUT2D eigenvalue weighted by molar-refractivity contribution is 0.0913. The Bertz CT molecular complexity index is 944. The molecule has 132 valence electrons. The summed E-state index contributed by atoms with van der Waals surface area (Å²) in [5.41, 5.74) is 2.79. The van der Waals surface area contributed by atoms with E-state index in [1.54, 1.807) is 4.90 Å². The van der Waals surface area contributed by atoms with Crippen LogP contribution in [0.4, 0.5) is 5.69 Å². The summed E-state index contributed by atoms with van der Waals surface area (Å²) in [6, 6.07) is 19.4. The lowest BCUT2D eigenvalue weighted by Crippen LogP contribution is -2.37. The first-order valence-electron chi connectivity index (χ1n) is 8.91. The molecule has 1 atom stereocenters. The maximum Gasteiger partial charge on any atom is 0.259 e. The van der Waals surface area contributed by atoms with Gasteiger partial charge in [0.05, 0.1) is 12.2 Å². The molecule has 0 fully saturated rings. The van der Waals surface area contributed by atoms with Gasteiger partial charge in [-0.3, -0.25) is 4.79 Å². The molecule has 1 amide bonds. The second-order valence-electron chi connectivity index (χ2n) is 6.56. The van der Waals surface area contributed by atoms with Crippen LogP contribution in [0, 0.1) is 0 Å². The van der Waals surface area contributed by atoms with Gasteiger partial charge in [0.1, 0.15) is 18.5 Å². The quantitative estimate of drug-likeness (QED) is 0.738. The molecule has 26 heavy (non-hydrogen) atoms. The molecule has 4 nitrogen and oxygen atoms in total. The lowest BCUT2D eigenvalue weighted by atomic mass is 10.1. The summed E-state index contributed by atoms with van der Waals surface area (Å²) in [5, 5.41) is 12.4. The number of amides is 1. The van der Waals surface area contributed by atoms with Crippen molar-refractivity contribution in [2.75, 3.05) is 18.1 Å². The number of hydrogen-bond acceptors (Lipinski definition) is 3. The largest absolute Gasteiger partial charge is 0.491 e. The SMILES string of the molecule is CCc1ccc(OCC(O)CN2C(=O)c3cccc4cccc2c34)cc1. The van der Waals surface area contributed by atoms with Gasteiger partial charge in [0.15, 0.2) is 0 Å². The van der Waals surface area contributed by atoms with Gasteiger partial charge in [-0.25, -0.2) is 0 Å². The molecule has 0 bridgehead atoms. The molecule has 4 heteroatoms. The molecule has 0 aliphatic carbocycles. The molecule has 0 saturated carbocycles. The van der Waals surface area contributed by atoms with Gasteiger partial charge >= 0.3 is 0 Å². The van der Waals surface area contributed by atoms with E-state index in [0.717, 1.165) is 28.6 Å². The Morgan fingerprint density at radius 2 is 1.77 bits per heavy atom. The summed E-state index contributed by atoms with van der Waals surface area (Å²) in [6.07, 6.45) is 0.209. The molecule has 1 aliphatic rings. The van der Waals surface area contributed by atoms with Gasteiger partial charge in [-0.15, -0.1) is 0 Å². The van der Waals surface area contributed by atoms with Gasteiger partial charge in [-0.1, -0.05) is 43.3 Å². The van der Waals surface area contributed by atoms with E-state index in [9.17, 15) is 9.90 Å². The number of benzene rings is 3. The molecule has 0 saturated heterocycles. The molecular weight excluding hydrogens is 326 g/mol. The van der Waals surface area contributed by atoms with E-state index < -0.39 is 6.10 Å². The van der Waals surface area contributed by atoms with Crippen LogP contribution in [0.25, 0.3) is 10.8 Å². The van der Waals surface area contributed by atoms with E-state index >= 15 is 0 Å². The van der Waals surface area contributed by atoms with Gasteiger partial charge in [0.25, 0.3) is 5.91 Å². The number of aliphatic hydroxyl groups is 1. The molecule has 3 aromatic rings. The van der Waals surface area contributed by atoms with Crippen molar-refractivity contribution >= 4 is 22.4 Å². The van der Waals surface area contributed by atoms with Crippen molar-refractivity contribution in [1.29, 1.82) is 0 Å². The van der Waals surface area contributed by atoms with Crippen LogP contribution >= 0.6 is 0 Å². The molecule has 3 aromatic carbocycles. The van der Waals surface area contributed by atoms with Gasteiger partial charge in [-0.2, -0.15) is 0 Å². The molecule has 0 spiro atoms. The second-order valence-corrected chi connectivity index (χ2v) is 6.56. The predicted octanol–water partition coefficient (Wildman–Crippen LogP) is 3.80. The van der Waals surface area contributed by atoms with Crippen LogP contribution in [0.2, 0.25) is 0 Å². The Morgan fingerprint density at radius 3 is 2.50 bits per heavy atom. The number of rotatable bonds is 6. The third kappa shape index (κ3) is 2.93. The lowest BCUT2D eigenvalue weighted by Gasteiger charge is -2.21. The molecule has 1 heterocycles. The number of carbonyl (C=O) groups excluding carboxylic acids is 1. The number of carbonyl (C=O) groups is 1. The average Bonchev–Trinajstić information content (AvgIpc) is 2.95. The number of β-amino-alcohol motifs (C(OH)–C–C–N with tert-alkyl or cyclic N) is 1. The highest BCUT2D eigenvalue weighted by molar-refractivity contribution is 6.25. The van der Waals surface area contributed by atoms with Gasteiger partial charge in [0.2, 0.25) is 0 Å². The zero-order valence-electron chi connectivity index (χ0n) is 14.7. The molecule has 4 rings (SSSR count). The summed E-state index contributed by atoms with van der Waals surface area (Å²) in [7, 11) is 0. The second kappa shape index (κ2) is 6.81. The highest BCUT2D eigenvalue weighted by atomic mass is 16.5. The highest BCUT2D eigenvalue weighted by Crippen LogP contribution is 2.37. The first-order valence-corrected chi connectivity index (χ1v) is 8.91. The standard InChI is InChI=1S/C22H21NO3/c1-2-15-9-11-18(12-10-15)26-14-17(24)13-23-20-8-4-6-16-5-3-7-19(21(16)20)22(23)25/h3-12,17,24H,2,13-14H2,1H3. The van der Waals surface area contributed by atoms with Crippen molar-refractivity contribution in [3.8, 4) is 5.75 Å². The van der Waals surface area contributed by atoms with Crippen LogP contribution in [0.1, 0.15) is 22.8 Å². The van der Waals surface area contributed by atoms with Crippen molar-refractivity contribution in [2.24, 2.45) is 0 Å². The fraction of sp³-hybridized carbons (Fsp3) is 0.227. The number of hydrogen-bond donors (Lipinski definition) is 1. The van der Waals surface area contributed by atoms with Gasteiger partial charge in [-0.05, 0) is 41.6 Å². The first kappa shape index (κ1) is 16.6. The minimum atomic E-state index is -0.769. The zero-order valence-corrected chi connectivity index (χ0v) is 14.7. The van der Waals surface area contributed by atoms with E-state index in [-0.39, 0.29) is 19.1 Å². The average molecular weight is 347 g/mol. The van der Waals surface area contributed by atoms with E-state index in [2.05, 4.69) is 6.92 Å². The fourth-order valence-electron chi connectivity index (χ4n) is 3.44. The van der Waals surface area contributed by atoms with Crippen LogP contribution in [0.5, 0.6) is 5.75 Å². The Hall–Kier alpha value is -2.85. The maximum atomic E-state index is 12.7. The summed E-state index contributed by atoms with van der Waals surface area (Å²) in [5.74, 6) is 0.655. The van der Waals surface area contributed by atoms with Crippen molar-refractivity contribution < 1.29 is 14.6 Å². The highest BCUT2D eigenvalue weighted by Gasteiger charge is 2.30. The van der Waals surface area contributed by atoms with Crippen LogP contribution < -0.4 is 9.64 Å². The van der Waals surface area contributed by atoms with E-state index in [1.807, 2.05) is 60.7 Å². The molecule has 0 aromatic heterocycles. The monoisotopic (exact) mass is 347 g/mol. The number of ether oxygens (including phenoxy) is 1.